The van der Waals surface area contributed by atoms with Gasteiger partial charge < -0.3 is 19.9 Å². The topological polar surface area (TPSA) is 114 Å². The Morgan fingerprint density at radius 3 is 2.04 bits per heavy atom. The average molecular weight is 759 g/mol. The lowest BCUT2D eigenvalue weighted by atomic mass is 9.80. The number of hydrogen-bond donors (Lipinski definition) is 3. The Kier molecular flexibility index (Phi) is 23.5. The summed E-state index contributed by atoms with van der Waals surface area (Å²) in [6, 6.07) is 12.4. The number of hydrogen-bond acceptors (Lipinski definition) is 6. The normalized spacial score (nSPS) is 12.4. The Morgan fingerprint density at radius 1 is 0.755 bits per heavy atom. The Morgan fingerprint density at radius 2 is 1.38 bits per heavy atom. The largest absolute Gasteiger partial charge is 0.492 e. The fraction of sp³-hybridized carbons (Fsp3) is 0.705. The minimum Gasteiger partial charge on any atom is -0.492 e. The highest BCUT2D eigenvalue weighted by molar-refractivity contribution is 7.92. The number of benzene rings is 2. The Bertz CT molecular complexity index is 1380. The summed E-state index contributed by atoms with van der Waals surface area (Å²) in [6.45, 7) is 12.0. The predicted octanol–water partition coefficient (Wildman–Crippen LogP) is 11.3. The number of sulfonamides is 1. The summed E-state index contributed by atoms with van der Waals surface area (Å²) < 4.78 is 43.5. The van der Waals surface area contributed by atoms with Gasteiger partial charge in [-0.1, -0.05) is 143 Å². The second-order valence-electron chi connectivity index (χ2n) is 15.3. The quantitative estimate of drug-likeness (QED) is 0.0640. The lowest BCUT2D eigenvalue weighted by Crippen LogP contribution is -2.39. The van der Waals surface area contributed by atoms with E-state index in [1.54, 1.807) is 30.3 Å². The first-order valence-corrected chi connectivity index (χ1v) is 22.5. The van der Waals surface area contributed by atoms with Gasteiger partial charge in [-0.15, -0.1) is 0 Å². The van der Waals surface area contributed by atoms with Gasteiger partial charge in [0.15, 0.2) is 6.10 Å². The lowest BCUT2D eigenvalue weighted by molar-refractivity contribution is -0.128. The van der Waals surface area contributed by atoms with E-state index in [0.717, 1.165) is 69.8 Å². The third-order valence-electron chi connectivity index (χ3n) is 10.0. The molecular formula is C44H74N2O6S. The summed E-state index contributed by atoms with van der Waals surface area (Å²) in [5.74, 6) is 0.586. The molecule has 0 bridgehead atoms. The molecule has 53 heavy (non-hydrogen) atoms. The Hall–Kier alpha value is -2.78. The van der Waals surface area contributed by atoms with Crippen LogP contribution in [-0.4, -0.2) is 45.3 Å². The maximum Gasteiger partial charge on any atom is 0.265 e. The molecule has 2 aromatic carbocycles. The standard InChI is InChI=1S/C44H74N2O6S/c1-6-9-12-14-16-17-18-20-28-41(43(48)45-32-22-23-33-47)52-39-27-25-26-38(36-39)46-53(49,50)42-35-37(44(4,5)31-21-11-8-3)29-30-40(42)51-34-24-19-15-13-10-7-2/h25-27,29-30,35-36,41,46-47H,6-24,28,31-34H2,1-5H3,(H,45,48). The second-order valence-corrected chi connectivity index (χ2v) is 17.0. The van der Waals surface area contributed by atoms with Gasteiger partial charge in [0.25, 0.3) is 15.9 Å². The molecule has 3 N–H and O–H groups in total. The van der Waals surface area contributed by atoms with Gasteiger partial charge in [-0.2, -0.15) is 0 Å². The van der Waals surface area contributed by atoms with Crippen molar-refractivity contribution in [2.45, 2.75) is 186 Å². The number of unbranched alkanes of at least 4 members (excludes halogenated alkanes) is 15. The van der Waals surface area contributed by atoms with Crippen LogP contribution in [0.25, 0.3) is 0 Å². The molecule has 1 atom stereocenters. The molecule has 1 unspecified atom stereocenters. The molecule has 0 heterocycles. The minimum atomic E-state index is -4.05. The van der Waals surface area contributed by atoms with E-state index in [-0.39, 0.29) is 22.8 Å². The van der Waals surface area contributed by atoms with Crippen LogP contribution in [0.3, 0.4) is 0 Å². The fourth-order valence-corrected chi connectivity index (χ4v) is 7.78. The molecule has 0 radical (unpaired) electrons. The summed E-state index contributed by atoms with van der Waals surface area (Å²) in [6.07, 6.45) is 21.4. The average Bonchev–Trinajstić information content (AvgIpc) is 3.13. The SMILES string of the molecule is CCCCCCCCCCC(Oc1cccc(NS(=O)(=O)c2cc(C(C)(C)CCCCC)ccc2OCCCCCCCC)c1)C(=O)NCCCCO. The van der Waals surface area contributed by atoms with Crippen molar-refractivity contribution < 1.29 is 27.8 Å². The third-order valence-corrected chi connectivity index (χ3v) is 11.4. The van der Waals surface area contributed by atoms with Crippen molar-refractivity contribution in [2.75, 3.05) is 24.5 Å². The highest BCUT2D eigenvalue weighted by Crippen LogP contribution is 2.35. The van der Waals surface area contributed by atoms with Crippen molar-refractivity contribution in [1.29, 1.82) is 0 Å². The number of aliphatic hydroxyl groups is 1. The van der Waals surface area contributed by atoms with E-state index in [9.17, 15) is 13.2 Å². The van der Waals surface area contributed by atoms with Crippen LogP contribution < -0.4 is 19.5 Å². The molecule has 0 saturated heterocycles. The zero-order valence-electron chi connectivity index (χ0n) is 34.0. The number of rotatable bonds is 32. The molecule has 2 aromatic rings. The molecule has 0 aliphatic rings. The van der Waals surface area contributed by atoms with Crippen molar-refractivity contribution in [3.8, 4) is 11.5 Å². The fourth-order valence-electron chi connectivity index (χ4n) is 6.56. The van der Waals surface area contributed by atoms with Crippen LogP contribution in [0, 0.1) is 0 Å². The number of nitrogens with one attached hydrogen (secondary N) is 2. The van der Waals surface area contributed by atoms with Crippen LogP contribution in [0.5, 0.6) is 11.5 Å². The number of carbonyl (C=O) groups excluding carboxylic acids is 1. The van der Waals surface area contributed by atoms with Crippen LogP contribution >= 0.6 is 0 Å². The summed E-state index contributed by atoms with van der Waals surface area (Å²) in [7, 11) is -4.05. The summed E-state index contributed by atoms with van der Waals surface area (Å²) in [5, 5.41) is 12.1. The molecule has 1 amide bonds. The maximum absolute atomic E-state index is 14.2. The molecule has 0 aliphatic heterocycles. The zero-order valence-corrected chi connectivity index (χ0v) is 34.8. The first-order chi connectivity index (χ1) is 25.6. The highest BCUT2D eigenvalue weighted by Gasteiger charge is 2.27. The number of amides is 1. The summed E-state index contributed by atoms with van der Waals surface area (Å²) in [4.78, 5) is 13.4. The summed E-state index contributed by atoms with van der Waals surface area (Å²) in [5.41, 5.74) is 1.12. The molecule has 0 spiro atoms. The molecule has 9 heteroatoms. The number of carbonyl (C=O) groups is 1. The van der Waals surface area contributed by atoms with E-state index in [2.05, 4.69) is 44.7 Å². The van der Waals surface area contributed by atoms with E-state index in [0.29, 0.717) is 49.6 Å². The second kappa shape index (κ2) is 26.9. The maximum atomic E-state index is 14.2. The van der Waals surface area contributed by atoms with E-state index < -0.39 is 16.1 Å². The van der Waals surface area contributed by atoms with Gasteiger partial charge >= 0.3 is 0 Å². The molecule has 0 aromatic heterocycles. The summed E-state index contributed by atoms with van der Waals surface area (Å²) >= 11 is 0. The third kappa shape index (κ3) is 18.9. The Balaban J connectivity index is 2.25. The molecule has 302 valence electrons. The van der Waals surface area contributed by atoms with Gasteiger partial charge in [-0.3, -0.25) is 9.52 Å². The molecule has 0 fully saturated rings. The first kappa shape index (κ1) is 46.4. The smallest absolute Gasteiger partial charge is 0.265 e. The van der Waals surface area contributed by atoms with Crippen LogP contribution in [0.4, 0.5) is 5.69 Å². The minimum absolute atomic E-state index is 0.0878. The van der Waals surface area contributed by atoms with E-state index >= 15 is 0 Å². The number of anilines is 1. The van der Waals surface area contributed by atoms with Crippen molar-refractivity contribution in [3.63, 3.8) is 0 Å². The molecular weight excluding hydrogens is 685 g/mol. The van der Waals surface area contributed by atoms with Gasteiger partial charge in [-0.05, 0) is 73.8 Å². The number of aliphatic hydroxyl groups excluding tert-OH is 1. The van der Waals surface area contributed by atoms with Gasteiger partial charge in [0.05, 0.1) is 12.3 Å². The molecule has 8 nitrogen and oxygen atoms in total. The van der Waals surface area contributed by atoms with E-state index in [1.165, 1.54) is 51.4 Å². The lowest BCUT2D eigenvalue weighted by Gasteiger charge is -2.26. The van der Waals surface area contributed by atoms with E-state index in [4.69, 9.17) is 14.6 Å². The van der Waals surface area contributed by atoms with Gasteiger partial charge in [-0.25, -0.2) is 8.42 Å². The van der Waals surface area contributed by atoms with Crippen molar-refractivity contribution in [1.82, 2.24) is 5.32 Å². The molecule has 2 rings (SSSR count). The highest BCUT2D eigenvalue weighted by atomic mass is 32.2. The molecule has 0 aliphatic carbocycles. The molecule has 0 saturated carbocycles. The Labute approximate surface area is 323 Å². The van der Waals surface area contributed by atoms with Gasteiger partial charge in [0.1, 0.15) is 16.4 Å². The van der Waals surface area contributed by atoms with Gasteiger partial charge in [0.2, 0.25) is 0 Å². The number of ether oxygens (including phenoxy) is 2. The zero-order chi connectivity index (χ0) is 38.8. The van der Waals surface area contributed by atoms with Crippen LogP contribution in [-0.2, 0) is 20.2 Å². The van der Waals surface area contributed by atoms with Gasteiger partial charge in [0, 0.05) is 19.2 Å². The van der Waals surface area contributed by atoms with Crippen molar-refractivity contribution in [2.24, 2.45) is 0 Å². The first-order valence-electron chi connectivity index (χ1n) is 21.0. The van der Waals surface area contributed by atoms with Crippen LogP contribution in [0.1, 0.15) is 175 Å². The van der Waals surface area contributed by atoms with E-state index in [1.807, 2.05) is 12.1 Å². The van der Waals surface area contributed by atoms with Crippen LogP contribution in [0.2, 0.25) is 0 Å². The monoisotopic (exact) mass is 759 g/mol. The van der Waals surface area contributed by atoms with Crippen LogP contribution in [0.15, 0.2) is 47.4 Å². The van der Waals surface area contributed by atoms with Crippen molar-refractivity contribution >= 4 is 21.6 Å². The van der Waals surface area contributed by atoms with Crippen molar-refractivity contribution in [3.05, 3.63) is 48.0 Å². The predicted molar refractivity (Wildman–Crippen MR) is 221 cm³/mol.